The minimum atomic E-state index is -1.54. The van der Waals surface area contributed by atoms with Crippen molar-refractivity contribution in [2.45, 2.75) is 6.42 Å². The maximum Gasteiger partial charge on any atom is 0.372 e. The number of amides is 1. The van der Waals surface area contributed by atoms with E-state index in [1.165, 1.54) is 17.2 Å². The maximum absolute atomic E-state index is 12.8. The Labute approximate surface area is 148 Å². The van der Waals surface area contributed by atoms with Crippen molar-refractivity contribution in [3.05, 3.63) is 53.4 Å². The fourth-order valence-electron chi connectivity index (χ4n) is 2.99. The van der Waals surface area contributed by atoms with E-state index in [4.69, 9.17) is 16.7 Å². The Balaban J connectivity index is 1.93. The molecule has 1 aliphatic heterocycles. The number of benzene rings is 1. The van der Waals surface area contributed by atoms with Crippen LogP contribution < -0.4 is 4.90 Å². The Morgan fingerprint density at radius 1 is 1.24 bits per heavy atom. The van der Waals surface area contributed by atoms with E-state index in [1.807, 2.05) is 30.3 Å². The molecule has 1 aromatic heterocycles. The third-order valence-electron chi connectivity index (χ3n) is 4.18. The number of carbonyl (C=O) groups is 3. The Kier molecular flexibility index (Phi) is 4.76. The van der Waals surface area contributed by atoms with Gasteiger partial charge in [-0.25, -0.2) is 14.8 Å². The number of carboxylic acid groups (broad SMARTS) is 1. The predicted octanol–water partition coefficient (Wildman–Crippen LogP) is 1.61. The van der Waals surface area contributed by atoms with Gasteiger partial charge in [-0.3, -0.25) is 14.5 Å². The van der Waals surface area contributed by atoms with E-state index in [0.717, 1.165) is 5.56 Å². The Morgan fingerprint density at radius 3 is 2.60 bits per heavy atom. The van der Waals surface area contributed by atoms with E-state index >= 15 is 0 Å². The first-order valence-corrected chi connectivity index (χ1v) is 7.96. The van der Waals surface area contributed by atoms with Crippen LogP contribution in [0.1, 0.15) is 5.56 Å². The molecular formula is C17H14ClN3O4. The average molecular weight is 360 g/mol. The van der Waals surface area contributed by atoms with Gasteiger partial charge in [-0.1, -0.05) is 30.3 Å². The zero-order valence-corrected chi connectivity index (χ0v) is 13.8. The lowest BCUT2D eigenvalue weighted by Crippen LogP contribution is -2.31. The Bertz CT molecular complexity index is 828. The first-order chi connectivity index (χ1) is 12.0. The molecule has 1 amide bonds. The van der Waals surface area contributed by atoms with Gasteiger partial charge in [-0.2, -0.15) is 0 Å². The number of aromatic nitrogens is 2. The normalized spacial score (nSPS) is 19.9. The summed E-state index contributed by atoms with van der Waals surface area (Å²) in [4.78, 5) is 45.1. The summed E-state index contributed by atoms with van der Waals surface area (Å²) < 4.78 is 0. The maximum atomic E-state index is 12.8. The Hall–Kier alpha value is -2.80. The van der Waals surface area contributed by atoms with Crippen LogP contribution >= 0.6 is 11.6 Å². The van der Waals surface area contributed by atoms with Crippen molar-refractivity contribution in [1.29, 1.82) is 0 Å². The third kappa shape index (κ3) is 3.51. The van der Waals surface area contributed by atoms with Crippen LogP contribution in [0.2, 0.25) is 5.28 Å². The number of ketones is 1. The average Bonchev–Trinajstić information content (AvgIpc) is 2.92. The summed E-state index contributed by atoms with van der Waals surface area (Å²) in [5.74, 6) is -4.32. The molecule has 2 atom stereocenters. The molecule has 0 bridgehead atoms. The van der Waals surface area contributed by atoms with Crippen molar-refractivity contribution in [2.75, 3.05) is 11.4 Å². The minimum Gasteiger partial charge on any atom is -0.475 e. The van der Waals surface area contributed by atoms with Crippen molar-refractivity contribution < 1.29 is 19.5 Å². The van der Waals surface area contributed by atoms with Gasteiger partial charge in [0.05, 0.1) is 11.8 Å². The van der Waals surface area contributed by atoms with Crippen molar-refractivity contribution in [2.24, 2.45) is 11.8 Å². The summed E-state index contributed by atoms with van der Waals surface area (Å²) in [5.41, 5.74) is 0.853. The molecule has 2 aromatic rings. The number of nitrogens with zero attached hydrogens (tertiary/aromatic N) is 3. The SMILES string of the molecule is O=C(O)C(=O)[C@H]1CN(c2ccnc(Cl)n2)C(=O)[C@@H]1Cc1ccccc1. The number of halogens is 1. The summed E-state index contributed by atoms with van der Waals surface area (Å²) >= 11 is 5.77. The van der Waals surface area contributed by atoms with Crippen LogP contribution in [0.3, 0.4) is 0 Å². The van der Waals surface area contributed by atoms with Crippen molar-refractivity contribution in [3.63, 3.8) is 0 Å². The topological polar surface area (TPSA) is 100 Å². The molecule has 8 heteroatoms. The van der Waals surface area contributed by atoms with Crippen LogP contribution in [0.25, 0.3) is 0 Å². The largest absolute Gasteiger partial charge is 0.475 e. The summed E-state index contributed by atoms with van der Waals surface area (Å²) in [6.07, 6.45) is 1.68. The highest BCUT2D eigenvalue weighted by Crippen LogP contribution is 2.32. The highest BCUT2D eigenvalue weighted by Gasteiger charge is 2.46. The fourth-order valence-corrected chi connectivity index (χ4v) is 3.13. The minimum absolute atomic E-state index is 0.0297. The van der Waals surface area contributed by atoms with E-state index in [0.29, 0.717) is 0 Å². The van der Waals surface area contributed by atoms with Crippen molar-refractivity contribution >= 4 is 35.1 Å². The van der Waals surface area contributed by atoms with Crippen LogP contribution in [-0.4, -0.2) is 39.3 Å². The molecule has 0 unspecified atom stereocenters. The quantitative estimate of drug-likeness (QED) is 0.643. The molecule has 1 saturated heterocycles. The predicted molar refractivity (Wildman–Crippen MR) is 89.2 cm³/mol. The number of hydrogen-bond donors (Lipinski definition) is 1. The number of rotatable bonds is 5. The summed E-state index contributed by atoms with van der Waals surface area (Å²) in [6, 6.07) is 10.7. The zero-order chi connectivity index (χ0) is 18.0. The lowest BCUT2D eigenvalue weighted by molar-refractivity contribution is -0.151. The molecule has 0 spiro atoms. The van der Waals surface area contributed by atoms with E-state index in [2.05, 4.69) is 9.97 Å². The number of anilines is 1. The van der Waals surface area contributed by atoms with Crippen molar-refractivity contribution in [3.8, 4) is 0 Å². The zero-order valence-electron chi connectivity index (χ0n) is 13.0. The van der Waals surface area contributed by atoms with Gasteiger partial charge in [0.2, 0.25) is 17.0 Å². The molecule has 128 valence electrons. The van der Waals surface area contributed by atoms with Crippen LogP contribution in [0.4, 0.5) is 5.82 Å². The first kappa shape index (κ1) is 17.0. The third-order valence-corrected chi connectivity index (χ3v) is 4.36. The molecule has 1 fully saturated rings. The molecular weight excluding hydrogens is 346 g/mol. The molecule has 0 aliphatic carbocycles. The van der Waals surface area contributed by atoms with Crippen LogP contribution in [0.15, 0.2) is 42.6 Å². The van der Waals surface area contributed by atoms with Gasteiger partial charge in [0.25, 0.3) is 0 Å². The molecule has 1 aliphatic rings. The second kappa shape index (κ2) is 6.98. The van der Waals surface area contributed by atoms with Gasteiger partial charge in [-0.05, 0) is 29.7 Å². The van der Waals surface area contributed by atoms with Crippen LogP contribution in [0.5, 0.6) is 0 Å². The number of carbonyl (C=O) groups excluding carboxylic acids is 2. The van der Waals surface area contributed by atoms with E-state index in [-0.39, 0.29) is 30.0 Å². The number of Topliss-reactive ketones (excluding diaryl/α,β-unsaturated/α-hetero) is 1. The summed E-state index contributed by atoms with van der Waals surface area (Å²) in [5, 5.41) is 9.06. The number of aliphatic carboxylic acids is 1. The second-order valence-corrected chi connectivity index (χ2v) is 6.04. The highest BCUT2D eigenvalue weighted by molar-refractivity contribution is 6.34. The van der Waals surface area contributed by atoms with Crippen LogP contribution in [-0.2, 0) is 20.8 Å². The van der Waals surface area contributed by atoms with Gasteiger partial charge >= 0.3 is 5.97 Å². The fraction of sp³-hybridized carbons (Fsp3) is 0.235. The van der Waals surface area contributed by atoms with Gasteiger partial charge in [0.1, 0.15) is 5.82 Å². The molecule has 7 nitrogen and oxygen atoms in total. The molecule has 2 heterocycles. The second-order valence-electron chi connectivity index (χ2n) is 5.70. The van der Waals surface area contributed by atoms with E-state index in [9.17, 15) is 14.4 Å². The van der Waals surface area contributed by atoms with E-state index < -0.39 is 23.6 Å². The molecule has 1 N–H and O–H groups in total. The molecule has 0 radical (unpaired) electrons. The summed E-state index contributed by atoms with van der Waals surface area (Å²) in [6.45, 7) is -0.0468. The highest BCUT2D eigenvalue weighted by atomic mass is 35.5. The molecule has 1 aromatic carbocycles. The monoisotopic (exact) mass is 359 g/mol. The summed E-state index contributed by atoms with van der Waals surface area (Å²) in [7, 11) is 0. The Morgan fingerprint density at radius 2 is 1.96 bits per heavy atom. The standard InChI is InChI=1S/C17H14ClN3O4/c18-17-19-7-6-13(20-17)21-9-12(14(22)16(24)25)11(15(21)23)8-10-4-2-1-3-5-10/h1-7,11-12H,8-9H2,(H,24,25)/t11-,12+/m1/s1. The molecule has 3 rings (SSSR count). The van der Waals surface area contributed by atoms with Gasteiger partial charge < -0.3 is 5.11 Å². The molecule has 25 heavy (non-hydrogen) atoms. The lowest BCUT2D eigenvalue weighted by atomic mass is 9.86. The van der Waals surface area contributed by atoms with Gasteiger partial charge in [-0.15, -0.1) is 0 Å². The van der Waals surface area contributed by atoms with Gasteiger partial charge in [0, 0.05) is 12.7 Å². The molecule has 0 saturated carbocycles. The number of hydrogen-bond acceptors (Lipinski definition) is 5. The smallest absolute Gasteiger partial charge is 0.372 e. The first-order valence-electron chi connectivity index (χ1n) is 7.58. The number of carboxylic acids is 1. The van der Waals surface area contributed by atoms with Gasteiger partial charge in [0.15, 0.2) is 0 Å². The van der Waals surface area contributed by atoms with E-state index in [1.54, 1.807) is 0 Å². The van der Waals surface area contributed by atoms with Crippen LogP contribution in [0, 0.1) is 11.8 Å². The lowest BCUT2D eigenvalue weighted by Gasteiger charge is -2.15. The van der Waals surface area contributed by atoms with Crippen molar-refractivity contribution in [1.82, 2.24) is 9.97 Å².